The molecule has 0 aromatic carbocycles. The number of hydrogen-bond donors (Lipinski definition) is 0. The van der Waals surface area contributed by atoms with Crippen molar-refractivity contribution in [2.45, 2.75) is 13.6 Å². The second-order valence-corrected chi connectivity index (χ2v) is 2.98. The molecule has 6 heteroatoms. The summed E-state index contributed by atoms with van der Waals surface area (Å²) in [5, 5.41) is 4.19. The largest absolute Gasteiger partial charge is 0.254 e. The van der Waals surface area contributed by atoms with E-state index in [4.69, 9.17) is 11.6 Å². The van der Waals surface area contributed by atoms with Crippen LogP contribution in [0.5, 0.6) is 0 Å². The molecule has 0 N–H and O–H groups in total. The van der Waals surface area contributed by atoms with Gasteiger partial charge >= 0.3 is 0 Å². The minimum Gasteiger partial charge on any atom is -0.242 e. The number of nitrogens with zero attached hydrogens (tertiary/aromatic N) is 4. The van der Waals surface area contributed by atoms with E-state index in [2.05, 4.69) is 15.1 Å². The molecule has 0 bridgehead atoms. The van der Waals surface area contributed by atoms with Crippen molar-refractivity contribution in [1.29, 1.82) is 0 Å². The molecular weight excluding hydrogens is 195 g/mol. The lowest BCUT2D eigenvalue weighted by atomic mass is 10.5. The van der Waals surface area contributed by atoms with Crippen LogP contribution in [0.25, 0.3) is 5.78 Å². The second kappa shape index (κ2) is 2.92. The molecule has 4 nitrogen and oxygen atoms in total. The minimum atomic E-state index is -0.710. The maximum absolute atomic E-state index is 12.2. The number of aromatic nitrogens is 4. The number of halogens is 2. The molecule has 2 rings (SSSR count). The summed E-state index contributed by atoms with van der Waals surface area (Å²) >= 11 is 5.83. The van der Waals surface area contributed by atoms with E-state index in [1.54, 1.807) is 13.0 Å². The normalized spacial score (nSPS) is 11.0. The number of aryl methyl sites for hydroxylation is 1. The van der Waals surface area contributed by atoms with Gasteiger partial charge in [-0.3, -0.25) is 0 Å². The van der Waals surface area contributed by atoms with Crippen LogP contribution in [-0.2, 0) is 6.67 Å². The van der Waals surface area contributed by atoms with E-state index in [1.807, 2.05) is 0 Å². The molecule has 13 heavy (non-hydrogen) atoms. The molecule has 0 amide bonds. The molecule has 0 aliphatic heterocycles. The van der Waals surface area contributed by atoms with Gasteiger partial charge in [-0.15, -0.1) is 5.10 Å². The molecule has 68 valence electrons. The Kier molecular flexibility index (Phi) is 1.88. The van der Waals surface area contributed by atoms with Gasteiger partial charge in [-0.2, -0.15) is 9.50 Å². The highest BCUT2D eigenvalue weighted by molar-refractivity contribution is 6.29. The fraction of sp³-hybridized carbons (Fsp3) is 0.286. The Morgan fingerprint density at radius 3 is 3.00 bits per heavy atom. The summed E-state index contributed by atoms with van der Waals surface area (Å²) in [7, 11) is 0. The van der Waals surface area contributed by atoms with Crippen molar-refractivity contribution in [1.82, 2.24) is 19.6 Å². The molecule has 0 radical (unpaired) electrons. The Labute approximate surface area is 78.4 Å². The fourth-order valence-corrected chi connectivity index (χ4v) is 1.31. The van der Waals surface area contributed by atoms with Crippen molar-refractivity contribution < 1.29 is 4.39 Å². The Morgan fingerprint density at radius 1 is 1.54 bits per heavy atom. The molecule has 2 aromatic rings. The summed E-state index contributed by atoms with van der Waals surface area (Å²) < 4.78 is 13.5. The first kappa shape index (κ1) is 8.37. The Hall–Kier alpha value is -1.23. The topological polar surface area (TPSA) is 43.1 Å². The first-order chi connectivity index (χ1) is 6.20. The van der Waals surface area contributed by atoms with Crippen LogP contribution in [0.2, 0.25) is 5.15 Å². The van der Waals surface area contributed by atoms with Gasteiger partial charge in [-0.25, -0.2) is 9.37 Å². The third-order valence-electron chi connectivity index (χ3n) is 1.56. The van der Waals surface area contributed by atoms with E-state index in [0.29, 0.717) is 10.9 Å². The van der Waals surface area contributed by atoms with E-state index in [-0.39, 0.29) is 5.82 Å². The lowest BCUT2D eigenvalue weighted by molar-refractivity contribution is 0.465. The quantitative estimate of drug-likeness (QED) is 0.656. The van der Waals surface area contributed by atoms with Crippen molar-refractivity contribution >= 4 is 17.4 Å². The first-order valence-corrected chi connectivity index (χ1v) is 4.03. The van der Waals surface area contributed by atoms with Crippen LogP contribution < -0.4 is 0 Å². The Morgan fingerprint density at radius 2 is 2.31 bits per heavy atom. The summed E-state index contributed by atoms with van der Waals surface area (Å²) in [6.45, 7) is 1.08. The molecule has 0 saturated heterocycles. The van der Waals surface area contributed by atoms with Gasteiger partial charge in [0.15, 0.2) is 12.5 Å². The molecule has 0 saturated carbocycles. The molecule has 2 heterocycles. The molecule has 0 unspecified atom stereocenters. The first-order valence-electron chi connectivity index (χ1n) is 3.65. The molecule has 0 spiro atoms. The zero-order chi connectivity index (χ0) is 9.42. The minimum absolute atomic E-state index is 0.0972. The zero-order valence-corrected chi connectivity index (χ0v) is 7.59. The highest BCUT2D eigenvalue weighted by Gasteiger charge is 2.07. The predicted octanol–water partition coefficient (Wildman–Crippen LogP) is 1.56. The highest BCUT2D eigenvalue weighted by atomic mass is 35.5. The van der Waals surface area contributed by atoms with Crippen molar-refractivity contribution in [3.05, 3.63) is 22.7 Å². The Bertz CT molecular complexity index is 453. The molecule has 0 aliphatic rings. The van der Waals surface area contributed by atoms with Crippen LogP contribution in [0.15, 0.2) is 6.07 Å². The van der Waals surface area contributed by atoms with Crippen molar-refractivity contribution in [3.63, 3.8) is 0 Å². The SMILES string of the molecule is Cc1cc(Cl)n2nc(CF)nc2n1. The second-order valence-electron chi connectivity index (χ2n) is 2.59. The molecule has 0 aliphatic carbocycles. The van der Waals surface area contributed by atoms with Crippen molar-refractivity contribution in [3.8, 4) is 0 Å². The number of fused-ring (bicyclic) bond motifs is 1. The van der Waals surface area contributed by atoms with Gasteiger partial charge < -0.3 is 0 Å². The fourth-order valence-electron chi connectivity index (χ4n) is 1.04. The molecular formula is C7H6ClFN4. The van der Waals surface area contributed by atoms with E-state index in [0.717, 1.165) is 5.69 Å². The number of alkyl halides is 1. The van der Waals surface area contributed by atoms with E-state index in [9.17, 15) is 4.39 Å². The lowest BCUT2D eigenvalue weighted by Crippen LogP contribution is -1.94. The van der Waals surface area contributed by atoms with Gasteiger partial charge in [0.1, 0.15) is 5.15 Å². The lowest BCUT2D eigenvalue weighted by Gasteiger charge is -1.95. The summed E-state index contributed by atoms with van der Waals surface area (Å²) in [5.41, 5.74) is 0.732. The Balaban J connectivity index is 2.75. The van der Waals surface area contributed by atoms with Crippen LogP contribution in [0.3, 0.4) is 0 Å². The monoisotopic (exact) mass is 200 g/mol. The van der Waals surface area contributed by atoms with Crippen molar-refractivity contribution in [2.24, 2.45) is 0 Å². The maximum atomic E-state index is 12.2. The van der Waals surface area contributed by atoms with Gasteiger partial charge in [0.25, 0.3) is 5.78 Å². The predicted molar refractivity (Wildman–Crippen MR) is 45.3 cm³/mol. The van der Waals surface area contributed by atoms with E-state index >= 15 is 0 Å². The van der Waals surface area contributed by atoms with Crippen LogP contribution in [0, 0.1) is 6.92 Å². The molecule has 2 aromatic heterocycles. The average Bonchev–Trinajstić information content (AvgIpc) is 2.47. The molecule has 0 atom stereocenters. The number of hydrogen-bond acceptors (Lipinski definition) is 3. The van der Waals surface area contributed by atoms with E-state index in [1.165, 1.54) is 4.52 Å². The summed E-state index contributed by atoms with van der Waals surface area (Å²) in [4.78, 5) is 7.88. The van der Waals surface area contributed by atoms with Gasteiger partial charge in [-0.1, -0.05) is 11.6 Å². The van der Waals surface area contributed by atoms with Crippen LogP contribution in [0.4, 0.5) is 4.39 Å². The average molecular weight is 201 g/mol. The third kappa shape index (κ3) is 1.35. The highest BCUT2D eigenvalue weighted by Crippen LogP contribution is 2.11. The summed E-state index contributed by atoms with van der Waals surface area (Å²) in [6.07, 6.45) is 0. The van der Waals surface area contributed by atoms with Gasteiger partial charge in [0.2, 0.25) is 0 Å². The standard InChI is InChI=1S/C7H6ClFN4/c1-4-2-5(8)13-7(10-4)11-6(3-9)12-13/h2H,3H2,1H3. The molecule has 0 fully saturated rings. The van der Waals surface area contributed by atoms with E-state index < -0.39 is 6.67 Å². The van der Waals surface area contributed by atoms with Crippen LogP contribution >= 0.6 is 11.6 Å². The van der Waals surface area contributed by atoms with Gasteiger partial charge in [-0.05, 0) is 13.0 Å². The zero-order valence-electron chi connectivity index (χ0n) is 6.83. The van der Waals surface area contributed by atoms with Crippen LogP contribution in [0.1, 0.15) is 11.5 Å². The van der Waals surface area contributed by atoms with Gasteiger partial charge in [0.05, 0.1) is 0 Å². The van der Waals surface area contributed by atoms with Crippen molar-refractivity contribution in [2.75, 3.05) is 0 Å². The van der Waals surface area contributed by atoms with Gasteiger partial charge in [0, 0.05) is 5.69 Å². The third-order valence-corrected chi connectivity index (χ3v) is 1.83. The smallest absolute Gasteiger partial charge is 0.242 e. The summed E-state index contributed by atoms with van der Waals surface area (Å²) in [5.74, 6) is 0.428. The van der Waals surface area contributed by atoms with Crippen LogP contribution in [-0.4, -0.2) is 19.6 Å². The summed E-state index contributed by atoms with van der Waals surface area (Å²) in [6, 6.07) is 1.64. The number of rotatable bonds is 1. The maximum Gasteiger partial charge on any atom is 0.254 e.